The van der Waals surface area contributed by atoms with E-state index in [2.05, 4.69) is 105 Å². The Labute approximate surface area is 521 Å². The topological polar surface area (TPSA) is 160 Å². The van der Waals surface area contributed by atoms with E-state index in [1.165, 1.54) is 16.0 Å². The van der Waals surface area contributed by atoms with E-state index in [1.54, 1.807) is 14.7 Å². The zero-order valence-corrected chi connectivity index (χ0v) is 54.7. The predicted octanol–water partition coefficient (Wildman–Crippen LogP) is 16.4. The number of rotatable bonds is 8. The van der Waals surface area contributed by atoms with Crippen molar-refractivity contribution in [3.8, 4) is 0 Å². The van der Waals surface area contributed by atoms with Crippen LogP contribution in [0.5, 0.6) is 0 Å². The second-order valence-corrected chi connectivity index (χ2v) is 28.7. The lowest BCUT2D eigenvalue weighted by Crippen LogP contribution is -2.49. The Hall–Kier alpha value is -8.08. The average Bonchev–Trinajstić information content (AvgIpc) is 0.727. The Balaban J connectivity index is 0.000000209. The Morgan fingerprint density at radius 3 is 1.33 bits per heavy atom. The second kappa shape index (κ2) is 24.8. The summed E-state index contributed by atoms with van der Waals surface area (Å²) in [4.78, 5) is 63.4. The first kappa shape index (κ1) is 64.4. The summed E-state index contributed by atoms with van der Waals surface area (Å²) in [7, 11) is 0. The van der Waals surface area contributed by atoms with Crippen molar-refractivity contribution in [2.45, 2.75) is 157 Å². The summed E-state index contributed by atoms with van der Waals surface area (Å²) in [5, 5.41) is 17.5. The highest BCUT2D eigenvalue weighted by molar-refractivity contribution is 6.02. The van der Waals surface area contributed by atoms with E-state index >= 15 is 0 Å². The molecule has 2 saturated heterocycles. The number of amides is 4. The maximum absolute atomic E-state index is 13.8. The summed E-state index contributed by atoms with van der Waals surface area (Å²) in [6.07, 6.45) is -1.93. The smallest absolute Gasteiger partial charge is 0.419 e. The number of para-hydroxylation sites is 2. The molecule has 4 aliphatic rings. The largest absolute Gasteiger partial charge is 0.464 e. The maximum Gasteiger partial charge on any atom is 0.419 e. The van der Waals surface area contributed by atoms with Crippen molar-refractivity contribution in [1.82, 2.24) is 19.6 Å². The Bertz CT molecular complexity index is 3520. The molecule has 10 rings (SSSR count). The molecule has 4 amide bonds. The van der Waals surface area contributed by atoms with Crippen LogP contribution >= 0.6 is 0 Å². The van der Waals surface area contributed by atoms with Gasteiger partial charge in [-0.05, 0) is 167 Å². The molecule has 88 heavy (non-hydrogen) atoms. The first-order chi connectivity index (χ1) is 41.2. The minimum Gasteiger partial charge on any atom is -0.464 e. The summed E-state index contributed by atoms with van der Waals surface area (Å²) >= 11 is 0. The molecular weight excluding hydrogens is 1100 g/mol. The van der Waals surface area contributed by atoms with Gasteiger partial charge in [-0.25, -0.2) is 29.0 Å². The van der Waals surface area contributed by atoms with Crippen LogP contribution in [-0.2, 0) is 43.5 Å². The van der Waals surface area contributed by atoms with E-state index in [1.807, 2.05) is 153 Å². The first-order valence-corrected chi connectivity index (χ1v) is 30.9. The molecule has 4 heterocycles. The van der Waals surface area contributed by atoms with Crippen LogP contribution in [0.4, 0.5) is 64.7 Å². The van der Waals surface area contributed by atoms with Crippen molar-refractivity contribution in [2.24, 2.45) is 0 Å². The number of carboxylic acid groups (broad SMARTS) is 1. The number of nitrogens with one attached hydrogen (secondary N) is 2. The van der Waals surface area contributed by atoms with Crippen molar-refractivity contribution < 1.29 is 38.5 Å². The van der Waals surface area contributed by atoms with Gasteiger partial charge in [-0.3, -0.25) is 9.80 Å². The molecule has 6 aromatic carbocycles. The number of carbonyl (C=O) groups is 4. The first-order valence-electron chi connectivity index (χ1n) is 30.9. The highest BCUT2D eigenvalue weighted by Crippen LogP contribution is 2.54. The summed E-state index contributed by atoms with van der Waals surface area (Å²) in [5.74, 6) is 0. The molecule has 3 N–H and O–H groups in total. The number of carbonyl (C=O) groups excluding carboxylic acids is 3. The lowest BCUT2D eigenvalue weighted by atomic mass is 9.66. The molecular formula is C72H92N8O8. The molecule has 0 spiro atoms. The van der Waals surface area contributed by atoms with Crippen LogP contribution in [0, 0.1) is 0 Å². The second-order valence-electron chi connectivity index (χ2n) is 28.7. The average molecular weight is 1200 g/mol. The third-order valence-corrected chi connectivity index (χ3v) is 16.4. The van der Waals surface area contributed by atoms with E-state index in [-0.39, 0.29) is 23.0 Å². The van der Waals surface area contributed by atoms with Gasteiger partial charge in [0, 0.05) is 99.0 Å². The van der Waals surface area contributed by atoms with Crippen LogP contribution in [-0.4, -0.2) is 118 Å². The van der Waals surface area contributed by atoms with Crippen LogP contribution in [0.3, 0.4) is 0 Å². The normalized spacial score (nSPS) is 16.6. The number of hydrogen-bond acceptors (Lipinski definition) is 11. The molecule has 0 aliphatic carbocycles. The van der Waals surface area contributed by atoms with Gasteiger partial charge in [0.25, 0.3) is 0 Å². The van der Waals surface area contributed by atoms with Crippen molar-refractivity contribution >= 4 is 69.9 Å². The van der Waals surface area contributed by atoms with Gasteiger partial charge in [-0.1, -0.05) is 115 Å². The standard InChI is InChI=1S/2C36H46N4O4/c1-34(2,3)43-32(41)39-20-18-38(19-21-39)24-25-14-17-30-29(22-25)36(7,8)28-16-15-27(37-26-12-10-9-11-13-26)23-31(28)40(30)33(42)44-35(4,5)6;1-34(2,3)30-24(23-38-18-20-39(21-19-38)33(43)44-35(4,5)6)14-17-28-31(30)36(7,8)27-16-15-26(22-29(27)40(28)32(41)42)37-25-12-10-9-11-13-25/h9-17,22-23,37H,18-21,24H2,1-8H3;9-17,22,37H,18-21,23H2,1-8H3,(H,41,42). The van der Waals surface area contributed by atoms with Gasteiger partial charge in [0.1, 0.15) is 16.8 Å². The van der Waals surface area contributed by atoms with Gasteiger partial charge in [-0.2, -0.15) is 0 Å². The van der Waals surface area contributed by atoms with E-state index in [4.69, 9.17) is 14.2 Å². The molecule has 0 radical (unpaired) electrons. The van der Waals surface area contributed by atoms with Gasteiger partial charge in [0.15, 0.2) is 0 Å². The van der Waals surface area contributed by atoms with Crippen LogP contribution in [0.1, 0.15) is 150 Å². The molecule has 16 nitrogen and oxygen atoms in total. The van der Waals surface area contributed by atoms with Crippen molar-refractivity contribution in [3.63, 3.8) is 0 Å². The molecule has 4 aliphatic heterocycles. The third-order valence-electron chi connectivity index (χ3n) is 16.4. The summed E-state index contributed by atoms with van der Waals surface area (Å²) in [5.41, 5.74) is 11.6. The van der Waals surface area contributed by atoms with Gasteiger partial charge >= 0.3 is 24.4 Å². The van der Waals surface area contributed by atoms with E-state index < -0.39 is 34.4 Å². The van der Waals surface area contributed by atoms with Crippen molar-refractivity contribution in [2.75, 3.05) is 72.8 Å². The number of hydrogen-bond donors (Lipinski definition) is 3. The van der Waals surface area contributed by atoms with Crippen LogP contribution < -0.4 is 20.4 Å². The van der Waals surface area contributed by atoms with Gasteiger partial charge in [0.2, 0.25) is 0 Å². The molecule has 6 aromatic rings. The van der Waals surface area contributed by atoms with Crippen LogP contribution in [0.2, 0.25) is 0 Å². The fourth-order valence-electron chi connectivity index (χ4n) is 12.4. The van der Waals surface area contributed by atoms with Crippen LogP contribution in [0.25, 0.3) is 0 Å². The Morgan fingerprint density at radius 1 is 0.443 bits per heavy atom. The molecule has 468 valence electrons. The number of benzene rings is 6. The number of anilines is 8. The van der Waals surface area contributed by atoms with Crippen molar-refractivity contribution in [1.29, 1.82) is 0 Å². The van der Waals surface area contributed by atoms with E-state index in [9.17, 15) is 24.3 Å². The predicted molar refractivity (Wildman–Crippen MR) is 353 cm³/mol. The number of nitrogens with zero attached hydrogens (tertiary/aromatic N) is 6. The summed E-state index contributed by atoms with van der Waals surface area (Å²) < 4.78 is 17.1. The minimum absolute atomic E-state index is 0.243. The van der Waals surface area contributed by atoms with Crippen LogP contribution in [0.15, 0.2) is 127 Å². The number of ether oxygens (including phenoxy) is 3. The number of fused-ring (bicyclic) bond motifs is 4. The minimum atomic E-state index is -1.01. The molecule has 16 heteroatoms. The summed E-state index contributed by atoms with van der Waals surface area (Å²) in [6.45, 7) is 39.4. The maximum atomic E-state index is 13.8. The third kappa shape index (κ3) is 14.7. The van der Waals surface area contributed by atoms with Gasteiger partial charge in [0.05, 0.1) is 22.7 Å². The Morgan fingerprint density at radius 2 is 0.875 bits per heavy atom. The number of piperazine rings is 2. The monoisotopic (exact) mass is 1200 g/mol. The zero-order chi connectivity index (χ0) is 63.9. The molecule has 0 bridgehead atoms. The molecule has 0 saturated carbocycles. The highest BCUT2D eigenvalue weighted by Gasteiger charge is 2.44. The van der Waals surface area contributed by atoms with E-state index in [0.29, 0.717) is 37.6 Å². The molecule has 2 fully saturated rings. The fourth-order valence-corrected chi connectivity index (χ4v) is 12.4. The molecule has 0 unspecified atom stereocenters. The lowest BCUT2D eigenvalue weighted by molar-refractivity contribution is 0.0129. The molecule has 0 aromatic heterocycles. The Kier molecular flexibility index (Phi) is 18.2. The highest BCUT2D eigenvalue weighted by atomic mass is 16.6. The van der Waals surface area contributed by atoms with E-state index in [0.717, 1.165) is 101 Å². The lowest BCUT2D eigenvalue weighted by Gasteiger charge is -2.44. The van der Waals surface area contributed by atoms with Crippen molar-refractivity contribution in [3.05, 3.63) is 166 Å². The molecule has 0 atom stereocenters. The van der Waals surface area contributed by atoms with Gasteiger partial charge < -0.3 is 39.8 Å². The van der Waals surface area contributed by atoms with Gasteiger partial charge in [-0.15, -0.1) is 0 Å². The quantitative estimate of drug-likeness (QED) is 0.124. The summed E-state index contributed by atoms with van der Waals surface area (Å²) in [6, 6.07) is 42.6. The zero-order valence-electron chi connectivity index (χ0n) is 54.7. The SMILES string of the molecule is CC(C)(C)OC(=O)N1CCN(Cc2ccc3c(c2)C(C)(C)c2ccc(Nc4ccccc4)cc2N3C(=O)OC(C)(C)C)CC1.CC(C)(C)OC(=O)N1CCN(Cc2ccc3c(c2C(C)(C)C)C(C)(C)c2ccc(Nc4ccccc4)cc2N3C(=O)O)CC1. The fraction of sp³-hybridized carbons (Fsp3) is 0.444.